The molecule has 4 heterocycles. The molecular formula is C66H42N4. The first kappa shape index (κ1) is 38.7. The third-order valence-electron chi connectivity index (χ3n) is 14.7. The van der Waals surface area contributed by atoms with Gasteiger partial charge in [-0.15, -0.1) is 0 Å². The summed E-state index contributed by atoms with van der Waals surface area (Å²) in [6.07, 6.45) is 0. The summed E-state index contributed by atoms with van der Waals surface area (Å²) in [5.41, 5.74) is 18.7. The molecule has 0 radical (unpaired) electrons. The maximum atomic E-state index is 2.51. The quantitative estimate of drug-likeness (QED) is 0.158. The standard InChI is InChI=1S/C66H42N4/c1-3-17-43(18-4-1)45-34-38-64-56(40-45)57-41-49(68-58-26-12-7-21-50(58)51-22-8-13-27-59(51)68)42-65(70-61-29-15-9-23-52(61)53-24-10-16-30-62(53)70)66(57)69(64)48-35-31-44(32-36-48)46-33-37-63-55(39-46)54-25-11-14-28-60(54)67(63)47-19-5-2-6-20-47/h1-42H. The third-order valence-corrected chi connectivity index (χ3v) is 14.7. The van der Waals surface area contributed by atoms with Crippen LogP contribution in [0, 0.1) is 0 Å². The molecule has 0 aliphatic heterocycles. The van der Waals surface area contributed by atoms with Gasteiger partial charge in [0.25, 0.3) is 0 Å². The average molecular weight is 891 g/mol. The zero-order chi connectivity index (χ0) is 45.9. The Balaban J connectivity index is 1.01. The van der Waals surface area contributed by atoms with Gasteiger partial charge in [0.1, 0.15) is 0 Å². The Morgan fingerprint density at radius 2 is 0.543 bits per heavy atom. The average Bonchev–Trinajstić information content (AvgIpc) is 4.16. The van der Waals surface area contributed by atoms with Crippen molar-refractivity contribution in [1.29, 1.82) is 0 Å². The number of hydrogen-bond donors (Lipinski definition) is 0. The zero-order valence-electron chi connectivity index (χ0n) is 38.0. The Kier molecular flexibility index (Phi) is 8.33. The van der Waals surface area contributed by atoms with Gasteiger partial charge >= 0.3 is 0 Å². The third kappa shape index (κ3) is 5.65. The maximum absolute atomic E-state index is 2.51. The van der Waals surface area contributed by atoms with E-state index < -0.39 is 0 Å². The molecule has 0 spiro atoms. The first-order valence-electron chi connectivity index (χ1n) is 24.1. The molecule has 0 bridgehead atoms. The highest BCUT2D eigenvalue weighted by molar-refractivity contribution is 6.17. The Labute approximate surface area is 403 Å². The van der Waals surface area contributed by atoms with E-state index >= 15 is 0 Å². The Morgan fingerprint density at radius 1 is 0.186 bits per heavy atom. The summed E-state index contributed by atoms with van der Waals surface area (Å²) >= 11 is 0. The van der Waals surface area contributed by atoms with Gasteiger partial charge in [-0.1, -0.05) is 164 Å². The predicted molar refractivity (Wildman–Crippen MR) is 295 cm³/mol. The van der Waals surface area contributed by atoms with Crippen molar-refractivity contribution in [3.05, 3.63) is 255 Å². The summed E-state index contributed by atoms with van der Waals surface area (Å²) in [5.74, 6) is 0. The van der Waals surface area contributed by atoms with Crippen molar-refractivity contribution >= 4 is 87.2 Å². The smallest absolute Gasteiger partial charge is 0.0784 e. The first-order valence-corrected chi connectivity index (χ1v) is 24.1. The summed E-state index contributed by atoms with van der Waals surface area (Å²) in [6.45, 7) is 0. The van der Waals surface area contributed by atoms with E-state index in [1.54, 1.807) is 0 Å². The van der Waals surface area contributed by atoms with Crippen LogP contribution >= 0.6 is 0 Å². The lowest BCUT2D eigenvalue weighted by Gasteiger charge is -2.17. The molecule has 11 aromatic carbocycles. The lowest BCUT2D eigenvalue weighted by atomic mass is 10.0. The second-order valence-corrected chi connectivity index (χ2v) is 18.5. The molecule has 0 amide bonds. The van der Waals surface area contributed by atoms with E-state index in [0.717, 1.165) is 33.8 Å². The van der Waals surface area contributed by atoms with E-state index in [4.69, 9.17) is 0 Å². The molecule has 0 fully saturated rings. The van der Waals surface area contributed by atoms with Crippen molar-refractivity contribution in [3.63, 3.8) is 0 Å². The highest BCUT2D eigenvalue weighted by atomic mass is 15.1. The molecule has 326 valence electrons. The fraction of sp³-hybridized carbons (Fsp3) is 0. The van der Waals surface area contributed by atoms with E-state index in [2.05, 4.69) is 273 Å². The topological polar surface area (TPSA) is 19.7 Å². The van der Waals surface area contributed by atoms with Gasteiger partial charge in [-0.25, -0.2) is 0 Å². The summed E-state index contributed by atoms with van der Waals surface area (Å²) in [6, 6.07) is 93.7. The van der Waals surface area contributed by atoms with Gasteiger partial charge < -0.3 is 18.3 Å². The van der Waals surface area contributed by atoms with Gasteiger partial charge in [-0.05, 0) is 113 Å². The molecule has 0 aliphatic rings. The number of hydrogen-bond acceptors (Lipinski definition) is 0. The van der Waals surface area contributed by atoms with Gasteiger partial charge in [-0.3, -0.25) is 0 Å². The summed E-state index contributed by atoms with van der Waals surface area (Å²) in [7, 11) is 0. The minimum atomic E-state index is 1.10. The molecule has 4 nitrogen and oxygen atoms in total. The van der Waals surface area contributed by atoms with Crippen LogP contribution in [0.2, 0.25) is 0 Å². The maximum Gasteiger partial charge on any atom is 0.0784 e. The van der Waals surface area contributed by atoms with Gasteiger partial charge in [0.2, 0.25) is 0 Å². The molecule has 0 N–H and O–H groups in total. The van der Waals surface area contributed by atoms with Crippen molar-refractivity contribution < 1.29 is 0 Å². The monoisotopic (exact) mass is 890 g/mol. The highest BCUT2D eigenvalue weighted by Gasteiger charge is 2.24. The molecular weight excluding hydrogens is 849 g/mol. The summed E-state index contributed by atoms with van der Waals surface area (Å²) < 4.78 is 9.86. The largest absolute Gasteiger partial charge is 0.309 e. The Morgan fingerprint density at radius 3 is 1.07 bits per heavy atom. The van der Waals surface area contributed by atoms with Crippen LogP contribution in [0.15, 0.2) is 255 Å². The fourth-order valence-electron chi connectivity index (χ4n) is 11.7. The van der Waals surface area contributed by atoms with Crippen LogP contribution in [0.1, 0.15) is 0 Å². The van der Waals surface area contributed by atoms with Gasteiger partial charge in [-0.2, -0.15) is 0 Å². The van der Waals surface area contributed by atoms with Crippen LogP contribution in [0.5, 0.6) is 0 Å². The van der Waals surface area contributed by atoms with Crippen molar-refractivity contribution in [2.45, 2.75) is 0 Å². The minimum Gasteiger partial charge on any atom is -0.309 e. The van der Waals surface area contributed by atoms with E-state index in [9.17, 15) is 0 Å². The fourth-order valence-corrected chi connectivity index (χ4v) is 11.7. The van der Waals surface area contributed by atoms with Gasteiger partial charge in [0.05, 0.1) is 49.8 Å². The van der Waals surface area contributed by atoms with Crippen LogP contribution < -0.4 is 0 Å². The van der Waals surface area contributed by atoms with Gasteiger partial charge in [0, 0.05) is 60.2 Å². The molecule has 0 atom stereocenters. The van der Waals surface area contributed by atoms with Crippen molar-refractivity contribution in [2.75, 3.05) is 0 Å². The SMILES string of the molecule is c1ccc(-c2ccc3c(c2)c2cc(-n4c5ccccc5c5ccccc54)cc(-n4c5ccccc5c5ccccc54)c2n3-c2ccc(-c3ccc4c(c3)c3ccccc3n4-c3ccccc3)cc2)cc1. The lowest BCUT2D eigenvalue weighted by molar-refractivity contribution is 1.11. The zero-order valence-corrected chi connectivity index (χ0v) is 38.0. The molecule has 70 heavy (non-hydrogen) atoms. The highest BCUT2D eigenvalue weighted by Crippen LogP contribution is 2.44. The number of para-hydroxylation sites is 6. The molecule has 4 heteroatoms. The van der Waals surface area contributed by atoms with Crippen LogP contribution in [-0.4, -0.2) is 18.3 Å². The number of rotatable bonds is 6. The number of aromatic nitrogens is 4. The van der Waals surface area contributed by atoms with Crippen LogP contribution in [-0.2, 0) is 0 Å². The summed E-state index contributed by atoms with van der Waals surface area (Å²) in [5, 5.41) is 9.83. The van der Waals surface area contributed by atoms with E-state index in [0.29, 0.717) is 0 Å². The minimum absolute atomic E-state index is 1.10. The van der Waals surface area contributed by atoms with Crippen LogP contribution in [0.25, 0.3) is 132 Å². The number of benzene rings is 11. The Hall–Kier alpha value is -9.38. The van der Waals surface area contributed by atoms with Crippen molar-refractivity contribution in [1.82, 2.24) is 18.3 Å². The molecule has 4 aromatic heterocycles. The molecule has 0 saturated heterocycles. The van der Waals surface area contributed by atoms with Crippen LogP contribution in [0.3, 0.4) is 0 Å². The second-order valence-electron chi connectivity index (χ2n) is 18.5. The van der Waals surface area contributed by atoms with E-state index in [1.807, 2.05) is 0 Å². The second kappa shape index (κ2) is 15.1. The van der Waals surface area contributed by atoms with Crippen LogP contribution in [0.4, 0.5) is 0 Å². The normalized spacial score (nSPS) is 12.0. The molecule has 15 rings (SSSR count). The predicted octanol–water partition coefficient (Wildman–Crippen LogP) is 17.4. The number of fused-ring (bicyclic) bond motifs is 12. The first-order chi connectivity index (χ1) is 34.7. The van der Waals surface area contributed by atoms with Gasteiger partial charge in [0.15, 0.2) is 0 Å². The lowest BCUT2D eigenvalue weighted by Crippen LogP contribution is -2.03. The van der Waals surface area contributed by atoms with E-state index in [1.165, 1.54) is 98.4 Å². The van der Waals surface area contributed by atoms with Crippen molar-refractivity contribution in [2.24, 2.45) is 0 Å². The molecule has 0 aliphatic carbocycles. The molecule has 0 saturated carbocycles. The van der Waals surface area contributed by atoms with E-state index in [-0.39, 0.29) is 0 Å². The number of nitrogens with zero attached hydrogens (tertiary/aromatic N) is 4. The molecule has 0 unspecified atom stereocenters. The van der Waals surface area contributed by atoms with Crippen molar-refractivity contribution in [3.8, 4) is 45.0 Å². The summed E-state index contributed by atoms with van der Waals surface area (Å²) in [4.78, 5) is 0. The Bertz CT molecular complexity index is 4460. The molecule has 15 aromatic rings.